The summed E-state index contributed by atoms with van der Waals surface area (Å²) in [7, 11) is -1.17. The molecule has 0 saturated heterocycles. The molecule has 1 nitrogen and oxygen atoms in total. The number of rotatable bonds is 2. The summed E-state index contributed by atoms with van der Waals surface area (Å²) in [5, 5.41) is 0. The largest absolute Gasteiger partial charge is 0.295 e. The molecule has 0 heterocycles. The van der Waals surface area contributed by atoms with E-state index in [1.807, 2.05) is 18.2 Å². The highest BCUT2D eigenvalue weighted by Gasteiger charge is 2.32. The third kappa shape index (κ3) is 3.20. The van der Waals surface area contributed by atoms with Gasteiger partial charge in [-0.3, -0.25) is 4.79 Å². The van der Waals surface area contributed by atoms with Gasteiger partial charge in [-0.05, 0) is 35.6 Å². The molecule has 0 radical (unpaired) electrons. The van der Waals surface area contributed by atoms with Gasteiger partial charge in [-0.1, -0.05) is 50.0 Å². The highest BCUT2D eigenvalue weighted by Crippen LogP contribution is 2.37. The molecule has 96 valence electrons. The van der Waals surface area contributed by atoms with Crippen molar-refractivity contribution >= 4 is 19.9 Å². The number of carbonyl (C=O) groups is 1. The number of carbonyl (C=O) groups excluding carboxylic acids is 1. The summed E-state index contributed by atoms with van der Waals surface area (Å²) in [6.45, 7) is 7.12. The molecule has 0 aliphatic heterocycles. The Labute approximate surface area is 111 Å². The van der Waals surface area contributed by atoms with Gasteiger partial charge in [0.1, 0.15) is 0 Å². The summed E-state index contributed by atoms with van der Waals surface area (Å²) < 4.78 is 0. The molecular formula is C16H22OSi. The Bertz CT molecular complexity index is 454. The number of benzene rings is 1. The molecule has 0 N–H and O–H groups in total. The van der Waals surface area contributed by atoms with Crippen molar-refractivity contribution in [3.63, 3.8) is 0 Å². The van der Waals surface area contributed by atoms with Gasteiger partial charge >= 0.3 is 0 Å². The molecule has 1 unspecified atom stereocenters. The van der Waals surface area contributed by atoms with Crippen LogP contribution in [0.5, 0.6) is 0 Å². The van der Waals surface area contributed by atoms with Crippen molar-refractivity contribution in [3.8, 4) is 0 Å². The van der Waals surface area contributed by atoms with E-state index in [-0.39, 0.29) is 0 Å². The lowest BCUT2D eigenvalue weighted by Gasteiger charge is -2.32. The second kappa shape index (κ2) is 5.23. The van der Waals surface area contributed by atoms with Crippen molar-refractivity contribution < 1.29 is 4.79 Å². The first-order valence-corrected chi connectivity index (χ1v) is 10.3. The second-order valence-corrected chi connectivity index (χ2v) is 11.9. The van der Waals surface area contributed by atoms with Crippen LogP contribution in [0.1, 0.15) is 24.8 Å². The molecule has 1 aromatic carbocycles. The molecular weight excluding hydrogens is 236 g/mol. The van der Waals surface area contributed by atoms with Crippen LogP contribution in [0.25, 0.3) is 6.08 Å². The van der Waals surface area contributed by atoms with E-state index in [4.69, 9.17) is 0 Å². The number of hydrogen-bond acceptors (Lipinski definition) is 1. The van der Waals surface area contributed by atoms with Crippen LogP contribution in [0, 0.1) is 0 Å². The van der Waals surface area contributed by atoms with E-state index in [1.165, 1.54) is 6.42 Å². The molecule has 1 aliphatic rings. The minimum Gasteiger partial charge on any atom is -0.295 e. The third-order valence-corrected chi connectivity index (χ3v) is 6.86. The van der Waals surface area contributed by atoms with Crippen molar-refractivity contribution in [2.75, 3.05) is 0 Å². The third-order valence-electron chi connectivity index (χ3n) is 3.92. The summed E-state index contributed by atoms with van der Waals surface area (Å²) in [4.78, 5) is 12.2. The molecule has 18 heavy (non-hydrogen) atoms. The second-order valence-electron chi connectivity index (χ2n) is 6.31. The lowest BCUT2D eigenvalue weighted by molar-refractivity contribution is -0.116. The highest BCUT2D eigenvalue weighted by molar-refractivity contribution is 6.77. The highest BCUT2D eigenvalue weighted by atomic mass is 28.3. The van der Waals surface area contributed by atoms with Crippen LogP contribution in [0.3, 0.4) is 0 Å². The van der Waals surface area contributed by atoms with Gasteiger partial charge in [-0.25, -0.2) is 0 Å². The molecule has 0 spiro atoms. The molecule has 0 amide bonds. The Hall–Kier alpha value is -1.15. The van der Waals surface area contributed by atoms with E-state index < -0.39 is 8.07 Å². The number of ketones is 1. The van der Waals surface area contributed by atoms with Crippen LogP contribution in [-0.2, 0) is 4.79 Å². The van der Waals surface area contributed by atoms with Crippen LogP contribution >= 0.6 is 0 Å². The molecule has 1 aromatic rings. The van der Waals surface area contributed by atoms with E-state index in [1.54, 1.807) is 0 Å². The zero-order valence-corrected chi connectivity index (χ0v) is 12.6. The van der Waals surface area contributed by atoms with Crippen LogP contribution in [-0.4, -0.2) is 13.9 Å². The maximum absolute atomic E-state index is 12.2. The Morgan fingerprint density at radius 1 is 1.17 bits per heavy atom. The number of allylic oxidation sites excluding steroid dienone is 1. The zero-order chi connectivity index (χ0) is 13.2. The first kappa shape index (κ1) is 13.3. The van der Waals surface area contributed by atoms with Gasteiger partial charge in [0.2, 0.25) is 0 Å². The Morgan fingerprint density at radius 2 is 1.83 bits per heavy atom. The molecule has 0 aromatic heterocycles. The first-order chi connectivity index (χ1) is 8.47. The van der Waals surface area contributed by atoms with Gasteiger partial charge in [0.25, 0.3) is 0 Å². The van der Waals surface area contributed by atoms with Gasteiger partial charge < -0.3 is 0 Å². The minimum absolute atomic E-state index is 0.373. The lowest BCUT2D eigenvalue weighted by atomic mass is 9.91. The summed E-state index contributed by atoms with van der Waals surface area (Å²) in [6, 6.07) is 10.2. The summed E-state index contributed by atoms with van der Waals surface area (Å²) in [5.41, 5.74) is 2.83. The Balaban J connectivity index is 2.11. The average molecular weight is 258 g/mol. The van der Waals surface area contributed by atoms with E-state index >= 15 is 0 Å². The van der Waals surface area contributed by atoms with Crippen molar-refractivity contribution in [3.05, 3.63) is 41.5 Å². The molecule has 1 saturated carbocycles. The van der Waals surface area contributed by atoms with Gasteiger partial charge in [-0.15, -0.1) is 0 Å². The molecule has 1 fully saturated rings. The predicted molar refractivity (Wildman–Crippen MR) is 80.4 cm³/mol. The van der Waals surface area contributed by atoms with Gasteiger partial charge in [0, 0.05) is 14.5 Å². The molecule has 2 heteroatoms. The summed E-state index contributed by atoms with van der Waals surface area (Å²) in [6.07, 6.45) is 5.00. The quantitative estimate of drug-likeness (QED) is 0.562. The normalized spacial score (nSPS) is 23.4. The van der Waals surface area contributed by atoms with Gasteiger partial charge in [0.15, 0.2) is 5.78 Å². The van der Waals surface area contributed by atoms with E-state index in [0.717, 1.165) is 24.0 Å². The fourth-order valence-corrected chi connectivity index (χ4v) is 4.38. The van der Waals surface area contributed by atoms with Crippen molar-refractivity contribution in [2.45, 2.75) is 44.4 Å². The molecule has 1 atom stereocenters. The fraction of sp³-hybridized carbons (Fsp3) is 0.438. The smallest absolute Gasteiger partial charge is 0.158 e. The van der Waals surface area contributed by atoms with Crippen LogP contribution in [0.2, 0.25) is 25.2 Å². The monoisotopic (exact) mass is 258 g/mol. The van der Waals surface area contributed by atoms with Gasteiger partial charge in [0.05, 0.1) is 0 Å². The lowest BCUT2D eigenvalue weighted by Crippen LogP contribution is -2.32. The standard InChI is InChI=1S/C16H22OSi/c1-18(2,3)15-10-9-14(16(17)12-15)11-13-7-5-4-6-8-13/h4-8,11,15H,9-10,12H2,1-3H3/b14-11-. The van der Waals surface area contributed by atoms with Crippen LogP contribution < -0.4 is 0 Å². The van der Waals surface area contributed by atoms with Crippen molar-refractivity contribution in [1.82, 2.24) is 0 Å². The Morgan fingerprint density at radius 3 is 2.39 bits per heavy atom. The van der Waals surface area contributed by atoms with E-state index in [2.05, 4.69) is 37.8 Å². The Kier molecular flexibility index (Phi) is 3.86. The van der Waals surface area contributed by atoms with Crippen molar-refractivity contribution in [1.29, 1.82) is 0 Å². The van der Waals surface area contributed by atoms with Crippen LogP contribution in [0.15, 0.2) is 35.9 Å². The minimum atomic E-state index is -1.17. The summed E-state index contributed by atoms with van der Waals surface area (Å²) in [5.74, 6) is 0.373. The zero-order valence-electron chi connectivity index (χ0n) is 11.6. The van der Waals surface area contributed by atoms with Crippen LogP contribution in [0.4, 0.5) is 0 Å². The van der Waals surface area contributed by atoms with E-state index in [0.29, 0.717) is 11.3 Å². The first-order valence-electron chi connectivity index (χ1n) is 6.75. The molecule has 1 aliphatic carbocycles. The summed E-state index contributed by atoms with van der Waals surface area (Å²) >= 11 is 0. The predicted octanol–water partition coefficient (Wildman–Crippen LogP) is 4.53. The number of Topliss-reactive ketones (excluding diaryl/α,β-unsaturated/α-hetero) is 1. The maximum Gasteiger partial charge on any atom is 0.158 e. The van der Waals surface area contributed by atoms with E-state index in [9.17, 15) is 4.79 Å². The molecule has 0 bridgehead atoms. The molecule has 2 rings (SSSR count). The maximum atomic E-state index is 12.2. The fourth-order valence-electron chi connectivity index (χ4n) is 2.57. The van der Waals surface area contributed by atoms with Crippen molar-refractivity contribution in [2.24, 2.45) is 0 Å². The topological polar surface area (TPSA) is 17.1 Å². The SMILES string of the molecule is C[Si](C)(C)C1CC/C(=C/c2ccccc2)C(=O)C1. The average Bonchev–Trinajstić information content (AvgIpc) is 2.32. The number of hydrogen-bond donors (Lipinski definition) is 0. The van der Waals surface area contributed by atoms with Gasteiger partial charge in [-0.2, -0.15) is 0 Å².